The number of rotatable bonds is 6. The Kier molecular flexibility index (Phi) is 5.27. The first-order chi connectivity index (χ1) is 14.1. The number of ether oxygens (including phenoxy) is 1. The van der Waals surface area contributed by atoms with E-state index in [1.807, 2.05) is 48.7 Å². The first kappa shape index (κ1) is 19.1. The lowest BCUT2D eigenvalue weighted by Gasteiger charge is -2.10. The molecule has 2 aromatic carbocycles. The van der Waals surface area contributed by atoms with Gasteiger partial charge in [-0.05, 0) is 42.6 Å². The van der Waals surface area contributed by atoms with Crippen LogP contribution in [0.2, 0.25) is 0 Å². The Labute approximate surface area is 173 Å². The number of nitrogens with zero attached hydrogens (tertiary/aromatic N) is 1. The molecule has 4 aromatic rings. The van der Waals surface area contributed by atoms with Crippen molar-refractivity contribution in [3.8, 4) is 11.5 Å². The van der Waals surface area contributed by atoms with Crippen LogP contribution in [0.15, 0.2) is 60.0 Å². The van der Waals surface area contributed by atoms with Crippen LogP contribution < -0.4 is 10.1 Å². The zero-order chi connectivity index (χ0) is 20.4. The summed E-state index contributed by atoms with van der Waals surface area (Å²) in [6.07, 6.45) is 0. The lowest BCUT2D eigenvalue weighted by molar-refractivity contribution is 0.0951. The summed E-state index contributed by atoms with van der Waals surface area (Å²) in [6.45, 7) is 2.99. The maximum atomic E-state index is 13.1. The van der Waals surface area contributed by atoms with Gasteiger partial charge in [-0.3, -0.25) is 4.79 Å². The van der Waals surface area contributed by atoms with E-state index in [0.29, 0.717) is 18.7 Å². The van der Waals surface area contributed by atoms with Crippen molar-refractivity contribution in [3.63, 3.8) is 0 Å². The maximum absolute atomic E-state index is 13.1. The minimum absolute atomic E-state index is 0.143. The Balaban J connectivity index is 1.69. The van der Waals surface area contributed by atoms with Crippen molar-refractivity contribution in [1.82, 2.24) is 9.88 Å². The second kappa shape index (κ2) is 8.01. The Morgan fingerprint density at radius 1 is 1.17 bits per heavy atom. The fraction of sp³-hybridized carbons (Fsp3) is 0.174. The highest BCUT2D eigenvalue weighted by Gasteiger charge is 2.21. The second-order valence-corrected chi connectivity index (χ2v) is 7.85. The normalized spacial score (nSPS) is 11.0. The van der Waals surface area contributed by atoms with Crippen molar-refractivity contribution < 1.29 is 14.6 Å². The number of fused-ring (bicyclic) bond motifs is 1. The number of hydrogen-bond acceptors (Lipinski definition) is 4. The van der Waals surface area contributed by atoms with Crippen LogP contribution >= 0.6 is 11.3 Å². The van der Waals surface area contributed by atoms with E-state index in [9.17, 15) is 9.90 Å². The minimum Gasteiger partial charge on any atom is -0.508 e. The summed E-state index contributed by atoms with van der Waals surface area (Å²) in [5, 5.41) is 15.8. The Morgan fingerprint density at radius 3 is 2.76 bits per heavy atom. The number of carbonyl (C=O) groups is 1. The van der Waals surface area contributed by atoms with Gasteiger partial charge in [0, 0.05) is 33.6 Å². The highest BCUT2D eigenvalue weighted by molar-refractivity contribution is 7.09. The van der Waals surface area contributed by atoms with E-state index in [-0.39, 0.29) is 11.7 Å². The molecule has 0 fully saturated rings. The van der Waals surface area contributed by atoms with Crippen molar-refractivity contribution in [1.29, 1.82) is 0 Å². The topological polar surface area (TPSA) is 63.5 Å². The first-order valence-electron chi connectivity index (χ1n) is 9.32. The second-order valence-electron chi connectivity index (χ2n) is 6.82. The standard InChI is InChI=1S/C23H22N2O3S/c1-15-22(23(27)24-13-16-6-3-4-8-21(16)28-2)19-12-17(26)9-10-20(19)25(15)14-18-7-5-11-29-18/h3-12,26H,13-14H2,1-2H3,(H,24,27). The number of phenols is 1. The number of carbonyl (C=O) groups excluding carboxylic acids is 1. The van der Waals surface area contributed by atoms with Crippen molar-refractivity contribution in [2.45, 2.75) is 20.0 Å². The molecule has 0 saturated heterocycles. The van der Waals surface area contributed by atoms with E-state index >= 15 is 0 Å². The molecule has 0 bridgehead atoms. The number of thiophene rings is 1. The Morgan fingerprint density at radius 2 is 2.00 bits per heavy atom. The van der Waals surface area contributed by atoms with Crippen LogP contribution in [0.1, 0.15) is 26.5 Å². The quantitative estimate of drug-likeness (QED) is 0.488. The minimum atomic E-state index is -0.172. The van der Waals surface area contributed by atoms with E-state index in [2.05, 4.69) is 16.0 Å². The number of nitrogens with one attached hydrogen (secondary N) is 1. The summed E-state index contributed by atoms with van der Waals surface area (Å²) >= 11 is 1.68. The van der Waals surface area contributed by atoms with E-state index in [1.165, 1.54) is 4.88 Å². The number of para-hydroxylation sites is 1. The molecule has 148 valence electrons. The third-order valence-electron chi connectivity index (χ3n) is 5.06. The SMILES string of the molecule is COc1ccccc1CNC(=O)c1c(C)n(Cc2cccs2)c2ccc(O)cc12. The molecule has 2 heterocycles. The molecule has 2 aromatic heterocycles. The van der Waals surface area contributed by atoms with Crippen LogP contribution in [0.25, 0.3) is 10.9 Å². The zero-order valence-electron chi connectivity index (χ0n) is 16.3. The van der Waals surface area contributed by atoms with Gasteiger partial charge in [0.05, 0.1) is 19.2 Å². The third kappa shape index (κ3) is 3.71. The predicted octanol–water partition coefficient (Wildman–Crippen LogP) is 4.70. The molecule has 0 radical (unpaired) electrons. The largest absolute Gasteiger partial charge is 0.508 e. The fourth-order valence-corrected chi connectivity index (χ4v) is 4.32. The van der Waals surface area contributed by atoms with Gasteiger partial charge in [0.15, 0.2) is 0 Å². The molecular formula is C23H22N2O3S. The summed E-state index contributed by atoms with van der Waals surface area (Å²) in [5.74, 6) is 0.709. The number of aromatic hydroxyl groups is 1. The molecular weight excluding hydrogens is 384 g/mol. The van der Waals surface area contributed by atoms with Gasteiger partial charge >= 0.3 is 0 Å². The number of phenolic OH excluding ortho intramolecular Hbond substituents is 1. The predicted molar refractivity (Wildman–Crippen MR) is 116 cm³/mol. The van der Waals surface area contributed by atoms with Gasteiger partial charge in [0.2, 0.25) is 0 Å². The number of methoxy groups -OCH3 is 1. The molecule has 5 nitrogen and oxygen atoms in total. The highest BCUT2D eigenvalue weighted by Crippen LogP contribution is 2.30. The fourth-order valence-electron chi connectivity index (χ4n) is 3.63. The molecule has 29 heavy (non-hydrogen) atoms. The van der Waals surface area contributed by atoms with Crippen LogP contribution in [0.5, 0.6) is 11.5 Å². The maximum Gasteiger partial charge on any atom is 0.254 e. The summed E-state index contributed by atoms with van der Waals surface area (Å²) in [6, 6.07) is 16.9. The first-order valence-corrected chi connectivity index (χ1v) is 10.2. The molecule has 0 saturated carbocycles. The third-order valence-corrected chi connectivity index (χ3v) is 5.92. The molecule has 4 rings (SSSR count). The van der Waals surface area contributed by atoms with Crippen LogP contribution in [-0.4, -0.2) is 22.7 Å². The van der Waals surface area contributed by atoms with Crippen LogP contribution in [-0.2, 0) is 13.1 Å². The molecule has 0 unspecified atom stereocenters. The molecule has 0 aliphatic carbocycles. The summed E-state index contributed by atoms with van der Waals surface area (Å²) < 4.78 is 7.49. The molecule has 0 aliphatic rings. The van der Waals surface area contributed by atoms with E-state index in [4.69, 9.17) is 4.74 Å². The molecule has 0 spiro atoms. The smallest absolute Gasteiger partial charge is 0.254 e. The van der Waals surface area contributed by atoms with Crippen molar-refractivity contribution in [3.05, 3.63) is 81.7 Å². The average molecular weight is 407 g/mol. The number of benzene rings is 2. The van der Waals surface area contributed by atoms with Gasteiger partial charge in [0.25, 0.3) is 5.91 Å². The van der Waals surface area contributed by atoms with Crippen LogP contribution in [0.4, 0.5) is 0 Å². The van der Waals surface area contributed by atoms with Gasteiger partial charge < -0.3 is 19.7 Å². The van der Waals surface area contributed by atoms with Crippen LogP contribution in [0.3, 0.4) is 0 Å². The molecule has 2 N–H and O–H groups in total. The van der Waals surface area contributed by atoms with Gasteiger partial charge in [-0.2, -0.15) is 0 Å². The van der Waals surface area contributed by atoms with Gasteiger partial charge in [-0.1, -0.05) is 24.3 Å². The van der Waals surface area contributed by atoms with Crippen LogP contribution in [0, 0.1) is 6.92 Å². The van der Waals surface area contributed by atoms with E-state index in [1.54, 1.807) is 30.6 Å². The van der Waals surface area contributed by atoms with E-state index < -0.39 is 0 Å². The lowest BCUT2D eigenvalue weighted by Crippen LogP contribution is -2.24. The number of hydrogen-bond donors (Lipinski definition) is 2. The zero-order valence-corrected chi connectivity index (χ0v) is 17.1. The van der Waals surface area contributed by atoms with Crippen molar-refractivity contribution >= 4 is 28.1 Å². The summed E-state index contributed by atoms with van der Waals surface area (Å²) in [7, 11) is 1.62. The average Bonchev–Trinajstić information content (AvgIpc) is 3.33. The number of amides is 1. The Bertz CT molecular complexity index is 1160. The number of aromatic nitrogens is 1. The van der Waals surface area contributed by atoms with Gasteiger partial charge in [0.1, 0.15) is 11.5 Å². The molecule has 6 heteroatoms. The molecule has 1 amide bonds. The van der Waals surface area contributed by atoms with Gasteiger partial charge in [-0.15, -0.1) is 11.3 Å². The van der Waals surface area contributed by atoms with Gasteiger partial charge in [-0.25, -0.2) is 0 Å². The van der Waals surface area contributed by atoms with Crippen molar-refractivity contribution in [2.75, 3.05) is 7.11 Å². The van der Waals surface area contributed by atoms with E-state index in [0.717, 1.165) is 27.9 Å². The summed E-state index contributed by atoms with van der Waals surface area (Å²) in [4.78, 5) is 14.3. The highest BCUT2D eigenvalue weighted by atomic mass is 32.1. The summed E-state index contributed by atoms with van der Waals surface area (Å²) in [5.41, 5.74) is 3.29. The van der Waals surface area contributed by atoms with Crippen molar-refractivity contribution in [2.24, 2.45) is 0 Å². The Hall–Kier alpha value is -3.25. The molecule has 0 atom stereocenters. The monoisotopic (exact) mass is 406 g/mol. The lowest BCUT2D eigenvalue weighted by atomic mass is 10.1. The molecule has 0 aliphatic heterocycles.